The van der Waals surface area contributed by atoms with Crippen molar-refractivity contribution in [3.63, 3.8) is 0 Å². The summed E-state index contributed by atoms with van der Waals surface area (Å²) < 4.78 is 5.56. The van der Waals surface area contributed by atoms with Gasteiger partial charge in [0.15, 0.2) is 5.96 Å². The van der Waals surface area contributed by atoms with Crippen molar-refractivity contribution in [1.82, 2.24) is 15.5 Å². The summed E-state index contributed by atoms with van der Waals surface area (Å²) in [6.45, 7) is 9.36. The number of aliphatic imine (C=N–C) groups is 1. The molecule has 2 N–H and O–H groups in total. The Bertz CT molecular complexity index is 618. The monoisotopic (exact) mass is 388 g/mol. The van der Waals surface area contributed by atoms with Gasteiger partial charge in [0.05, 0.1) is 13.2 Å². The second-order valence-electron chi connectivity index (χ2n) is 7.07. The second-order valence-corrected chi connectivity index (χ2v) is 7.07. The maximum absolute atomic E-state index is 12.1. The first kappa shape index (κ1) is 22.2. The zero-order valence-electron chi connectivity index (χ0n) is 17.5. The average Bonchev–Trinajstić information content (AvgIpc) is 2.92. The fourth-order valence-corrected chi connectivity index (χ4v) is 3.32. The van der Waals surface area contributed by atoms with E-state index in [1.165, 1.54) is 17.5 Å². The number of carbonyl (C=O) groups excluding carboxylic acids is 1. The Labute approximate surface area is 169 Å². The Morgan fingerprint density at radius 3 is 2.75 bits per heavy atom. The maximum atomic E-state index is 12.1. The third kappa shape index (κ3) is 7.89. The molecule has 0 saturated carbocycles. The van der Waals surface area contributed by atoms with E-state index in [-0.39, 0.29) is 0 Å². The van der Waals surface area contributed by atoms with Crippen molar-refractivity contribution in [1.29, 1.82) is 0 Å². The highest BCUT2D eigenvalue weighted by Crippen LogP contribution is 2.12. The zero-order chi connectivity index (χ0) is 20.0. The molecule has 1 aromatic rings. The van der Waals surface area contributed by atoms with Crippen LogP contribution in [0.3, 0.4) is 0 Å². The maximum Gasteiger partial charge on any atom is 0.222 e. The van der Waals surface area contributed by atoms with Gasteiger partial charge in [-0.05, 0) is 44.2 Å². The van der Waals surface area contributed by atoms with Gasteiger partial charge < -0.3 is 20.3 Å². The van der Waals surface area contributed by atoms with Gasteiger partial charge in [0, 0.05) is 39.2 Å². The molecule has 1 amide bonds. The van der Waals surface area contributed by atoms with Crippen LogP contribution >= 0.6 is 0 Å². The Kier molecular flexibility index (Phi) is 10.4. The van der Waals surface area contributed by atoms with Crippen molar-refractivity contribution in [3.05, 3.63) is 35.4 Å². The average molecular weight is 389 g/mol. The van der Waals surface area contributed by atoms with Crippen molar-refractivity contribution in [2.24, 2.45) is 4.99 Å². The number of nitrogens with one attached hydrogen (secondary N) is 2. The molecule has 0 radical (unpaired) electrons. The minimum Gasteiger partial charge on any atom is -0.377 e. The molecule has 1 saturated heterocycles. The summed E-state index contributed by atoms with van der Waals surface area (Å²) in [5, 5.41) is 6.69. The third-order valence-corrected chi connectivity index (χ3v) is 4.90. The summed E-state index contributed by atoms with van der Waals surface area (Å²) in [7, 11) is 0. The predicted octanol–water partition coefficient (Wildman–Crippen LogP) is 3.07. The first-order chi connectivity index (χ1) is 13.7. The number of rotatable bonds is 10. The largest absolute Gasteiger partial charge is 0.377 e. The van der Waals surface area contributed by atoms with Crippen LogP contribution in [0, 0.1) is 0 Å². The highest BCUT2D eigenvalue weighted by molar-refractivity contribution is 5.79. The van der Waals surface area contributed by atoms with Crippen molar-refractivity contribution < 1.29 is 9.53 Å². The molecule has 1 fully saturated rings. The Morgan fingerprint density at radius 1 is 1.14 bits per heavy atom. The number of amides is 1. The molecule has 1 aromatic carbocycles. The first-order valence-electron chi connectivity index (χ1n) is 10.7. The highest BCUT2D eigenvalue weighted by atomic mass is 16.5. The minimum atomic E-state index is 0.309. The van der Waals surface area contributed by atoms with Crippen LogP contribution in [-0.4, -0.2) is 49.6 Å². The van der Waals surface area contributed by atoms with Gasteiger partial charge in [0.1, 0.15) is 0 Å². The van der Waals surface area contributed by atoms with Gasteiger partial charge in [-0.25, -0.2) is 4.99 Å². The van der Waals surface area contributed by atoms with Gasteiger partial charge in [-0.3, -0.25) is 4.79 Å². The fourth-order valence-electron chi connectivity index (χ4n) is 3.32. The number of hydrogen-bond acceptors (Lipinski definition) is 3. The normalized spacial score (nSPS) is 15.4. The predicted molar refractivity (Wildman–Crippen MR) is 114 cm³/mol. The lowest BCUT2D eigenvalue weighted by molar-refractivity contribution is -0.130. The van der Waals surface area contributed by atoms with Crippen molar-refractivity contribution in [2.45, 2.75) is 59.1 Å². The molecule has 0 unspecified atom stereocenters. The number of ether oxygens (including phenoxy) is 1. The van der Waals surface area contributed by atoms with Gasteiger partial charge in [-0.1, -0.05) is 30.7 Å². The van der Waals surface area contributed by atoms with E-state index < -0.39 is 0 Å². The van der Waals surface area contributed by atoms with Crippen molar-refractivity contribution >= 4 is 11.9 Å². The number of nitrogens with zero attached hydrogens (tertiary/aromatic N) is 2. The molecule has 28 heavy (non-hydrogen) atoms. The van der Waals surface area contributed by atoms with E-state index in [0.717, 1.165) is 51.4 Å². The number of guanidine groups is 1. The third-order valence-electron chi connectivity index (χ3n) is 4.90. The lowest BCUT2D eigenvalue weighted by atomic mass is 10.1. The minimum absolute atomic E-state index is 0.309. The first-order valence-corrected chi connectivity index (χ1v) is 10.7. The molecule has 1 aliphatic heterocycles. The van der Waals surface area contributed by atoms with E-state index in [4.69, 9.17) is 9.73 Å². The fraction of sp³-hybridized carbons (Fsp3) is 0.636. The molecule has 6 heteroatoms. The van der Waals surface area contributed by atoms with Crippen molar-refractivity contribution in [2.75, 3.05) is 32.8 Å². The van der Waals surface area contributed by atoms with Crippen LogP contribution in [0.25, 0.3) is 0 Å². The summed E-state index contributed by atoms with van der Waals surface area (Å²) in [5.41, 5.74) is 2.37. The Balaban J connectivity index is 1.82. The van der Waals surface area contributed by atoms with Gasteiger partial charge in [-0.2, -0.15) is 0 Å². The SMILES string of the molecule is CCNC(=NCc1ccccc1COCC)NCCCN1CCCCCC1=O. The van der Waals surface area contributed by atoms with Crippen LogP contribution in [0.1, 0.15) is 57.1 Å². The summed E-state index contributed by atoms with van der Waals surface area (Å²) in [4.78, 5) is 18.8. The summed E-state index contributed by atoms with van der Waals surface area (Å²) >= 11 is 0. The molecule has 0 aromatic heterocycles. The van der Waals surface area contributed by atoms with E-state index in [1.54, 1.807) is 0 Å². The quantitative estimate of drug-likeness (QED) is 0.367. The van der Waals surface area contributed by atoms with Crippen LogP contribution in [-0.2, 0) is 22.7 Å². The molecular weight excluding hydrogens is 352 g/mol. The van der Waals surface area contributed by atoms with E-state index in [9.17, 15) is 4.79 Å². The molecule has 2 rings (SSSR count). The molecule has 1 aliphatic rings. The van der Waals surface area contributed by atoms with Gasteiger partial charge in [0.2, 0.25) is 5.91 Å². The van der Waals surface area contributed by atoms with Gasteiger partial charge >= 0.3 is 0 Å². The molecule has 0 bridgehead atoms. The Hall–Kier alpha value is -2.08. The standard InChI is InChI=1S/C22H36N4O2/c1-3-23-22(24-14-10-16-26-15-9-5-6-13-21(26)27)25-17-19-11-7-8-12-20(19)18-28-4-2/h7-8,11-12H,3-6,9-10,13-18H2,1-2H3,(H2,23,24,25). The lowest BCUT2D eigenvalue weighted by Gasteiger charge is -2.20. The van der Waals surface area contributed by atoms with Crippen molar-refractivity contribution in [3.8, 4) is 0 Å². The molecule has 156 valence electrons. The topological polar surface area (TPSA) is 66.0 Å². The number of benzene rings is 1. The number of likely N-dealkylation sites (tertiary alicyclic amines) is 1. The van der Waals surface area contributed by atoms with Gasteiger partial charge in [-0.15, -0.1) is 0 Å². The summed E-state index contributed by atoms with van der Waals surface area (Å²) in [5.74, 6) is 1.12. The molecule has 0 spiro atoms. The van der Waals surface area contributed by atoms with E-state index in [0.29, 0.717) is 32.1 Å². The van der Waals surface area contributed by atoms with Crippen LogP contribution in [0.2, 0.25) is 0 Å². The van der Waals surface area contributed by atoms with Gasteiger partial charge in [0.25, 0.3) is 0 Å². The van der Waals surface area contributed by atoms with E-state index in [2.05, 4.69) is 29.7 Å². The highest BCUT2D eigenvalue weighted by Gasteiger charge is 2.15. The summed E-state index contributed by atoms with van der Waals surface area (Å²) in [6.07, 6.45) is 4.97. The summed E-state index contributed by atoms with van der Waals surface area (Å²) in [6, 6.07) is 8.28. The number of carbonyl (C=O) groups is 1. The number of hydrogen-bond donors (Lipinski definition) is 2. The smallest absolute Gasteiger partial charge is 0.222 e. The van der Waals surface area contributed by atoms with E-state index >= 15 is 0 Å². The lowest BCUT2D eigenvalue weighted by Crippen LogP contribution is -2.39. The zero-order valence-corrected chi connectivity index (χ0v) is 17.5. The second kappa shape index (κ2) is 13.2. The van der Waals surface area contributed by atoms with Crippen LogP contribution in [0.15, 0.2) is 29.3 Å². The molecule has 1 heterocycles. The molecule has 6 nitrogen and oxygen atoms in total. The van der Waals surface area contributed by atoms with E-state index in [1.807, 2.05) is 24.0 Å². The van der Waals surface area contributed by atoms with Crippen LogP contribution in [0.5, 0.6) is 0 Å². The molecular formula is C22H36N4O2. The van der Waals surface area contributed by atoms with Crippen LogP contribution in [0.4, 0.5) is 0 Å². The molecule has 0 aliphatic carbocycles. The van der Waals surface area contributed by atoms with Crippen LogP contribution < -0.4 is 10.6 Å². The molecule has 0 atom stereocenters. The Morgan fingerprint density at radius 2 is 1.96 bits per heavy atom.